The van der Waals surface area contributed by atoms with Crippen molar-refractivity contribution in [2.24, 2.45) is 0 Å². The Morgan fingerprint density at radius 2 is 1.90 bits per heavy atom. The topological polar surface area (TPSA) is 96.4 Å². The van der Waals surface area contributed by atoms with E-state index in [-0.39, 0.29) is 18.7 Å². The van der Waals surface area contributed by atoms with Gasteiger partial charge in [0, 0.05) is 25.3 Å². The predicted molar refractivity (Wildman–Crippen MR) is 105 cm³/mol. The van der Waals surface area contributed by atoms with Gasteiger partial charge < -0.3 is 24.4 Å². The van der Waals surface area contributed by atoms with Gasteiger partial charge in [0.05, 0.1) is 12.2 Å². The number of hydrogen-bond acceptors (Lipinski definition) is 6. The lowest BCUT2D eigenvalue weighted by Crippen LogP contribution is -2.55. The third-order valence-corrected chi connectivity index (χ3v) is 4.94. The number of aliphatic hydroxyl groups is 1. The Labute approximate surface area is 174 Å². The Bertz CT molecular complexity index is 831. The molecule has 2 heterocycles. The molecular weight excluding hydrogens is 395 g/mol. The van der Waals surface area contributed by atoms with Crippen molar-refractivity contribution < 1.29 is 33.4 Å². The van der Waals surface area contributed by atoms with E-state index in [0.717, 1.165) is 18.9 Å². The Balaban J connectivity index is 1.80. The van der Waals surface area contributed by atoms with Gasteiger partial charge in [-0.1, -0.05) is 0 Å². The van der Waals surface area contributed by atoms with Crippen molar-refractivity contribution in [3.63, 3.8) is 0 Å². The van der Waals surface area contributed by atoms with Crippen molar-refractivity contribution >= 4 is 23.5 Å². The summed E-state index contributed by atoms with van der Waals surface area (Å²) in [5.74, 6) is -2.71. The van der Waals surface area contributed by atoms with Crippen LogP contribution in [0.4, 0.5) is 10.1 Å². The molecule has 164 valence electrons. The van der Waals surface area contributed by atoms with Gasteiger partial charge in [-0.05, 0) is 51.8 Å². The van der Waals surface area contributed by atoms with Gasteiger partial charge in [0.2, 0.25) is 0 Å². The number of nitrogens with zero attached hydrogens (tertiary/aromatic N) is 2. The van der Waals surface area contributed by atoms with Crippen LogP contribution in [0.2, 0.25) is 0 Å². The van der Waals surface area contributed by atoms with E-state index in [4.69, 9.17) is 9.47 Å². The van der Waals surface area contributed by atoms with Gasteiger partial charge in [-0.3, -0.25) is 9.59 Å². The van der Waals surface area contributed by atoms with Gasteiger partial charge in [-0.2, -0.15) is 0 Å². The third kappa shape index (κ3) is 4.79. The third-order valence-electron chi connectivity index (χ3n) is 4.94. The van der Waals surface area contributed by atoms with Gasteiger partial charge in [0.1, 0.15) is 11.4 Å². The Kier molecular flexibility index (Phi) is 6.42. The molecule has 2 amide bonds. The molecule has 1 N–H and O–H groups in total. The van der Waals surface area contributed by atoms with Crippen LogP contribution in [0.5, 0.6) is 0 Å². The van der Waals surface area contributed by atoms with Crippen molar-refractivity contribution in [2.75, 3.05) is 31.1 Å². The molecule has 0 saturated carbocycles. The van der Waals surface area contributed by atoms with Crippen LogP contribution in [-0.4, -0.2) is 71.8 Å². The lowest BCUT2D eigenvalue weighted by molar-refractivity contribution is -0.177. The second-order valence-corrected chi connectivity index (χ2v) is 8.42. The Hall–Kier alpha value is -2.52. The van der Waals surface area contributed by atoms with Crippen LogP contribution in [0.3, 0.4) is 0 Å². The zero-order chi connectivity index (χ0) is 22.1. The summed E-state index contributed by atoms with van der Waals surface area (Å²) in [4.78, 5) is 40.6. The lowest BCUT2D eigenvalue weighted by Gasteiger charge is -2.34. The highest BCUT2D eigenvalue weighted by Gasteiger charge is 2.41. The minimum absolute atomic E-state index is 0.0586. The number of carbonyl (C=O) groups is 3. The fraction of sp³-hybridized carbons (Fsp3) is 0.571. The van der Waals surface area contributed by atoms with E-state index in [9.17, 15) is 23.9 Å². The fourth-order valence-corrected chi connectivity index (χ4v) is 3.51. The van der Waals surface area contributed by atoms with Gasteiger partial charge in [0.25, 0.3) is 11.8 Å². The molecule has 9 heteroatoms. The molecule has 2 fully saturated rings. The summed E-state index contributed by atoms with van der Waals surface area (Å²) in [6.07, 6.45) is -1.50. The van der Waals surface area contributed by atoms with E-state index in [2.05, 4.69) is 0 Å². The first-order valence-corrected chi connectivity index (χ1v) is 10.0. The van der Waals surface area contributed by atoms with E-state index in [1.54, 1.807) is 25.7 Å². The highest BCUT2D eigenvalue weighted by atomic mass is 19.1. The summed E-state index contributed by atoms with van der Waals surface area (Å²) in [6.45, 7) is 6.27. The number of halogens is 1. The molecule has 2 aliphatic heterocycles. The van der Waals surface area contributed by atoms with Crippen molar-refractivity contribution in [3.05, 3.63) is 29.6 Å². The number of carbonyl (C=O) groups excluding carboxylic acids is 3. The largest absolute Gasteiger partial charge is 0.458 e. The lowest BCUT2D eigenvalue weighted by atomic mass is 10.1. The summed E-state index contributed by atoms with van der Waals surface area (Å²) >= 11 is 0. The van der Waals surface area contributed by atoms with Crippen LogP contribution < -0.4 is 4.90 Å². The van der Waals surface area contributed by atoms with Crippen LogP contribution in [0.1, 0.15) is 44.0 Å². The maximum atomic E-state index is 14.3. The van der Waals surface area contributed by atoms with Crippen LogP contribution in [0.15, 0.2) is 18.2 Å². The highest BCUT2D eigenvalue weighted by Crippen LogP contribution is 2.25. The van der Waals surface area contributed by atoms with Crippen LogP contribution in [0, 0.1) is 5.82 Å². The van der Waals surface area contributed by atoms with Crippen molar-refractivity contribution in [1.29, 1.82) is 0 Å². The molecule has 2 aliphatic rings. The summed E-state index contributed by atoms with van der Waals surface area (Å²) in [6, 6.07) is 3.85. The molecule has 0 bridgehead atoms. The zero-order valence-electron chi connectivity index (χ0n) is 17.4. The maximum Gasteiger partial charge on any atom is 0.338 e. The molecular formula is C21H27FN2O6. The normalized spacial score (nSPS) is 21.0. The first kappa shape index (κ1) is 22.2. The van der Waals surface area contributed by atoms with E-state index in [1.807, 2.05) is 0 Å². The molecule has 1 aromatic carbocycles. The standard InChI is InChI=1S/C21H27FN2O6/c1-21(2,3)30-20(28)16(25)17-19(27)24(10-11-29-17)13-6-7-15(22)14(12-13)18(26)23-8-4-5-9-23/h6-7,12,16-17,25H,4-5,8-11H2,1-3H3/t16-,17-/m1/s1. The predicted octanol–water partition coefficient (Wildman–Crippen LogP) is 1.50. The molecule has 1 aromatic rings. The molecule has 0 unspecified atom stereocenters. The van der Waals surface area contributed by atoms with E-state index >= 15 is 0 Å². The average Bonchev–Trinajstić information content (AvgIpc) is 3.21. The Morgan fingerprint density at radius 3 is 2.53 bits per heavy atom. The number of hydrogen-bond donors (Lipinski definition) is 1. The number of aliphatic hydroxyl groups excluding tert-OH is 1. The first-order chi connectivity index (χ1) is 14.1. The second kappa shape index (κ2) is 8.69. The number of morpholine rings is 1. The van der Waals surface area contributed by atoms with Gasteiger partial charge >= 0.3 is 5.97 Å². The average molecular weight is 422 g/mol. The number of ether oxygens (including phenoxy) is 2. The van der Waals surface area contributed by atoms with E-state index in [0.29, 0.717) is 18.8 Å². The summed E-state index contributed by atoms with van der Waals surface area (Å²) in [5, 5.41) is 10.3. The first-order valence-electron chi connectivity index (χ1n) is 10.0. The van der Waals surface area contributed by atoms with Crippen molar-refractivity contribution in [1.82, 2.24) is 4.90 Å². The number of anilines is 1. The van der Waals surface area contributed by atoms with Crippen molar-refractivity contribution in [2.45, 2.75) is 51.4 Å². The number of benzene rings is 1. The smallest absolute Gasteiger partial charge is 0.338 e. The van der Waals surface area contributed by atoms with Gasteiger partial charge in [-0.15, -0.1) is 0 Å². The fourth-order valence-electron chi connectivity index (χ4n) is 3.51. The molecule has 2 atom stereocenters. The molecule has 30 heavy (non-hydrogen) atoms. The molecule has 3 rings (SSSR count). The molecule has 2 saturated heterocycles. The summed E-state index contributed by atoms with van der Waals surface area (Å²) < 4.78 is 24.8. The summed E-state index contributed by atoms with van der Waals surface area (Å²) in [7, 11) is 0. The summed E-state index contributed by atoms with van der Waals surface area (Å²) in [5.41, 5.74) is -0.649. The quantitative estimate of drug-likeness (QED) is 0.739. The number of likely N-dealkylation sites (tertiary alicyclic amines) is 1. The molecule has 0 aliphatic carbocycles. The van der Waals surface area contributed by atoms with Gasteiger partial charge in [0.15, 0.2) is 12.2 Å². The second-order valence-electron chi connectivity index (χ2n) is 8.42. The molecule has 8 nitrogen and oxygen atoms in total. The maximum absolute atomic E-state index is 14.3. The number of rotatable bonds is 4. The molecule has 0 spiro atoms. The van der Waals surface area contributed by atoms with Crippen LogP contribution in [0.25, 0.3) is 0 Å². The minimum atomic E-state index is -1.80. The van der Waals surface area contributed by atoms with Crippen LogP contribution >= 0.6 is 0 Å². The van der Waals surface area contributed by atoms with E-state index in [1.165, 1.54) is 17.0 Å². The Morgan fingerprint density at radius 1 is 1.23 bits per heavy atom. The van der Waals surface area contributed by atoms with Crippen LogP contribution in [-0.2, 0) is 19.1 Å². The zero-order valence-corrected chi connectivity index (χ0v) is 17.4. The number of esters is 1. The molecule has 0 radical (unpaired) electrons. The van der Waals surface area contributed by atoms with Crippen molar-refractivity contribution in [3.8, 4) is 0 Å². The number of amides is 2. The monoisotopic (exact) mass is 422 g/mol. The van der Waals surface area contributed by atoms with E-state index < -0.39 is 41.4 Å². The van der Waals surface area contributed by atoms with Gasteiger partial charge in [-0.25, -0.2) is 9.18 Å². The highest BCUT2D eigenvalue weighted by molar-refractivity contribution is 6.02. The minimum Gasteiger partial charge on any atom is -0.458 e. The SMILES string of the molecule is CC(C)(C)OC(=O)[C@H](O)[C@H]1OCCN(c2ccc(F)c(C(=O)N3CCCC3)c2)C1=O. The molecule has 0 aromatic heterocycles.